The van der Waals surface area contributed by atoms with Crippen molar-refractivity contribution in [3.8, 4) is 28.7 Å². The molecule has 1 aliphatic rings. The van der Waals surface area contributed by atoms with Crippen LogP contribution in [0.15, 0.2) is 59.1 Å². The van der Waals surface area contributed by atoms with Crippen LogP contribution in [0.3, 0.4) is 0 Å². The highest BCUT2D eigenvalue weighted by Gasteiger charge is 2.31. The number of carbonyl (C=O) groups is 1. The number of aromatic nitrogens is 4. The molecule has 0 N–H and O–H groups in total. The number of rotatable bonds is 9. The smallest absolute Gasteiger partial charge is 0.443 e. The van der Waals surface area contributed by atoms with Gasteiger partial charge in [0.2, 0.25) is 5.82 Å². The van der Waals surface area contributed by atoms with Crippen LogP contribution in [0.1, 0.15) is 44.9 Å². The minimum absolute atomic E-state index is 0.179. The average Bonchev–Trinajstić information content (AvgIpc) is 3.71. The van der Waals surface area contributed by atoms with Gasteiger partial charge < -0.3 is 18.9 Å². The molecule has 0 saturated carbocycles. The molecule has 0 bridgehead atoms. The molecule has 1 aliphatic heterocycles. The fraction of sp³-hybridized carbons (Fsp3) is 0.419. The van der Waals surface area contributed by atoms with E-state index in [1.54, 1.807) is 9.58 Å². The van der Waals surface area contributed by atoms with Crippen LogP contribution >= 0.6 is 0 Å². The van der Waals surface area contributed by atoms with E-state index < -0.39 is 12.0 Å². The molecule has 0 atom stereocenters. The number of amides is 1. The summed E-state index contributed by atoms with van der Waals surface area (Å²) in [5.74, 6) is 0.0476. The van der Waals surface area contributed by atoms with E-state index in [0.717, 1.165) is 36.6 Å². The highest BCUT2D eigenvalue weighted by Crippen LogP contribution is 2.27. The van der Waals surface area contributed by atoms with Crippen LogP contribution in [0.4, 0.5) is 23.7 Å². The van der Waals surface area contributed by atoms with Gasteiger partial charge in [0.25, 0.3) is 5.89 Å². The van der Waals surface area contributed by atoms with Crippen LogP contribution in [0.2, 0.25) is 0 Å². The number of nitrogens with zero attached hydrogens (tertiary/aromatic N) is 6. The molecule has 2 aromatic carbocycles. The first-order valence-electron chi connectivity index (χ1n) is 14.4. The van der Waals surface area contributed by atoms with Crippen molar-refractivity contribution in [2.75, 3.05) is 31.1 Å². The molecule has 234 valence electrons. The molecule has 1 amide bonds. The first-order chi connectivity index (χ1) is 20.8. The molecule has 44 heavy (non-hydrogen) atoms. The summed E-state index contributed by atoms with van der Waals surface area (Å²) in [6, 6.07) is 14.8. The monoisotopic (exact) mass is 612 g/mol. The Hall–Kier alpha value is -4.39. The van der Waals surface area contributed by atoms with Gasteiger partial charge in [-0.1, -0.05) is 17.3 Å². The SMILES string of the molecule is Cc1cc(-c2nc(-c3ccc(OC(F)(F)F)cc3)no2)nn1Cc1ccc(N(CCN2CCCC2)C(=O)OC(C)(C)C)cc1. The van der Waals surface area contributed by atoms with Crippen molar-refractivity contribution in [2.45, 2.75) is 59.0 Å². The standard InChI is InChI=1S/C31H35F3N6O4/c1-21-19-26(28-35-27(37-44-28)23-9-13-25(14-10-23)42-31(32,33)34)36-40(21)20-22-7-11-24(12-8-22)39(29(41)43-30(2,3)4)18-17-38-15-5-6-16-38/h7-14,19H,5-6,15-18,20H2,1-4H3. The van der Waals surface area contributed by atoms with Gasteiger partial charge >= 0.3 is 12.5 Å². The van der Waals surface area contributed by atoms with E-state index in [2.05, 4.69) is 24.9 Å². The van der Waals surface area contributed by atoms with Crippen LogP contribution in [0.25, 0.3) is 23.0 Å². The van der Waals surface area contributed by atoms with Crippen molar-refractivity contribution < 1.29 is 32.0 Å². The van der Waals surface area contributed by atoms with Gasteiger partial charge in [-0.25, -0.2) is 4.79 Å². The minimum atomic E-state index is -4.77. The van der Waals surface area contributed by atoms with Gasteiger partial charge in [0.15, 0.2) is 5.69 Å². The molecule has 1 fully saturated rings. The number of carbonyl (C=O) groups excluding carboxylic acids is 1. The van der Waals surface area contributed by atoms with E-state index in [4.69, 9.17) is 9.26 Å². The van der Waals surface area contributed by atoms with E-state index in [-0.39, 0.29) is 23.6 Å². The normalized spacial score (nSPS) is 14.2. The summed E-state index contributed by atoms with van der Waals surface area (Å²) in [7, 11) is 0. The van der Waals surface area contributed by atoms with Gasteiger partial charge in [-0.3, -0.25) is 9.58 Å². The van der Waals surface area contributed by atoms with Crippen molar-refractivity contribution in [2.24, 2.45) is 0 Å². The number of hydrogen-bond donors (Lipinski definition) is 0. The van der Waals surface area contributed by atoms with Crippen LogP contribution in [0, 0.1) is 6.92 Å². The summed E-state index contributed by atoms with van der Waals surface area (Å²) in [6.07, 6.45) is -2.78. The predicted octanol–water partition coefficient (Wildman–Crippen LogP) is 6.69. The molecule has 13 heteroatoms. The van der Waals surface area contributed by atoms with Crippen molar-refractivity contribution in [3.63, 3.8) is 0 Å². The highest BCUT2D eigenvalue weighted by molar-refractivity contribution is 5.87. The van der Waals surface area contributed by atoms with Crippen molar-refractivity contribution in [1.82, 2.24) is 24.8 Å². The Morgan fingerprint density at radius 1 is 1.02 bits per heavy atom. The topological polar surface area (TPSA) is 98.7 Å². The van der Waals surface area contributed by atoms with Gasteiger partial charge in [0.05, 0.1) is 6.54 Å². The third kappa shape index (κ3) is 8.16. The molecule has 0 spiro atoms. The fourth-order valence-corrected chi connectivity index (χ4v) is 4.87. The fourth-order valence-electron chi connectivity index (χ4n) is 4.87. The maximum atomic E-state index is 13.1. The largest absolute Gasteiger partial charge is 0.573 e. The Bertz CT molecular complexity index is 1550. The minimum Gasteiger partial charge on any atom is -0.443 e. The number of aryl methyl sites for hydroxylation is 1. The first kappa shape index (κ1) is 31.0. The Balaban J connectivity index is 1.26. The third-order valence-corrected chi connectivity index (χ3v) is 7.01. The van der Waals surface area contributed by atoms with Gasteiger partial charge in [0, 0.05) is 30.0 Å². The van der Waals surface area contributed by atoms with E-state index in [0.29, 0.717) is 24.3 Å². The summed E-state index contributed by atoms with van der Waals surface area (Å²) in [6.45, 7) is 11.4. The summed E-state index contributed by atoms with van der Waals surface area (Å²) in [5.41, 5.74) is 2.92. The molecule has 4 aromatic rings. The van der Waals surface area contributed by atoms with Crippen molar-refractivity contribution in [1.29, 1.82) is 0 Å². The zero-order valence-electron chi connectivity index (χ0n) is 25.1. The molecule has 0 aliphatic carbocycles. The number of ether oxygens (including phenoxy) is 2. The van der Waals surface area contributed by atoms with E-state index in [9.17, 15) is 18.0 Å². The second kappa shape index (κ2) is 12.7. The molecule has 1 saturated heterocycles. The van der Waals surface area contributed by atoms with Gasteiger partial charge in [-0.2, -0.15) is 10.1 Å². The van der Waals surface area contributed by atoms with E-state index >= 15 is 0 Å². The number of halogens is 3. The lowest BCUT2D eigenvalue weighted by molar-refractivity contribution is -0.274. The lowest BCUT2D eigenvalue weighted by atomic mass is 10.2. The molecule has 2 aromatic heterocycles. The van der Waals surface area contributed by atoms with Crippen molar-refractivity contribution in [3.05, 3.63) is 65.9 Å². The van der Waals surface area contributed by atoms with Crippen LogP contribution in [-0.2, 0) is 11.3 Å². The number of anilines is 1. The second-order valence-electron chi connectivity index (χ2n) is 11.7. The lowest BCUT2D eigenvalue weighted by Gasteiger charge is -2.29. The quantitative estimate of drug-likeness (QED) is 0.206. The summed E-state index contributed by atoms with van der Waals surface area (Å²) >= 11 is 0. The van der Waals surface area contributed by atoms with Gasteiger partial charge in [-0.15, -0.1) is 13.2 Å². The molecule has 0 radical (unpaired) electrons. The number of hydrogen-bond acceptors (Lipinski definition) is 8. The maximum Gasteiger partial charge on any atom is 0.573 e. The third-order valence-electron chi connectivity index (χ3n) is 7.01. The van der Waals surface area contributed by atoms with Crippen LogP contribution in [-0.4, -0.2) is 69.1 Å². The number of likely N-dealkylation sites (tertiary alicyclic amines) is 1. The Morgan fingerprint density at radius 3 is 2.34 bits per heavy atom. The van der Waals surface area contributed by atoms with Gasteiger partial charge in [-0.05, 0) is 102 Å². The number of alkyl halides is 3. The molecular weight excluding hydrogens is 577 g/mol. The Labute approximate surface area is 253 Å². The number of benzene rings is 2. The van der Waals surface area contributed by atoms with Crippen LogP contribution < -0.4 is 9.64 Å². The maximum absolute atomic E-state index is 13.1. The molecule has 0 unspecified atom stereocenters. The summed E-state index contributed by atoms with van der Waals surface area (Å²) in [4.78, 5) is 21.5. The second-order valence-corrected chi connectivity index (χ2v) is 11.7. The predicted molar refractivity (Wildman–Crippen MR) is 157 cm³/mol. The average molecular weight is 613 g/mol. The molecule has 3 heterocycles. The zero-order chi connectivity index (χ0) is 31.5. The van der Waals surface area contributed by atoms with E-state index in [1.165, 1.54) is 37.1 Å². The highest BCUT2D eigenvalue weighted by atomic mass is 19.4. The molecule has 5 rings (SSSR count). The van der Waals surface area contributed by atoms with Crippen LogP contribution in [0.5, 0.6) is 5.75 Å². The summed E-state index contributed by atoms with van der Waals surface area (Å²) < 4.78 is 54.1. The van der Waals surface area contributed by atoms with Gasteiger partial charge in [0.1, 0.15) is 11.4 Å². The zero-order valence-corrected chi connectivity index (χ0v) is 25.1. The van der Waals surface area contributed by atoms with Crippen molar-refractivity contribution >= 4 is 11.8 Å². The Morgan fingerprint density at radius 2 is 1.70 bits per heavy atom. The molecular formula is C31H35F3N6O4. The summed E-state index contributed by atoms with van der Waals surface area (Å²) in [5, 5.41) is 8.57. The first-order valence-corrected chi connectivity index (χ1v) is 14.4. The molecule has 10 nitrogen and oxygen atoms in total. The van der Waals surface area contributed by atoms with E-state index in [1.807, 2.05) is 58.0 Å². The Kier molecular flexibility index (Phi) is 8.95. The lowest BCUT2D eigenvalue weighted by Crippen LogP contribution is -2.41.